The van der Waals surface area contributed by atoms with Crippen LogP contribution in [0, 0.1) is 0 Å². The van der Waals surface area contributed by atoms with E-state index in [1.54, 1.807) is 0 Å². The molecule has 0 saturated heterocycles. The molecule has 0 aliphatic carbocycles. The molecule has 0 heterocycles. The molecule has 0 fully saturated rings. The van der Waals surface area contributed by atoms with Gasteiger partial charge in [0.1, 0.15) is 0 Å². The van der Waals surface area contributed by atoms with Gasteiger partial charge in [-0.25, -0.2) is 0 Å². The molecule has 0 saturated carbocycles. The fourth-order valence-corrected chi connectivity index (χ4v) is 2.35. The van der Waals surface area contributed by atoms with Gasteiger partial charge in [-0.05, 0) is 29.0 Å². The Bertz CT molecular complexity index is 471. The van der Waals surface area contributed by atoms with E-state index in [9.17, 15) is 0 Å². The minimum Gasteiger partial charge on any atom is -0.117 e. The molecule has 18 heavy (non-hydrogen) atoms. The van der Waals surface area contributed by atoms with Crippen molar-refractivity contribution >= 4 is 11.6 Å². The van der Waals surface area contributed by atoms with E-state index in [1.165, 1.54) is 16.7 Å². The third-order valence-corrected chi connectivity index (χ3v) is 3.63. The molecular weight excluding hydrogens is 240 g/mol. The second kappa shape index (κ2) is 6.06. The molecule has 0 radical (unpaired) electrons. The van der Waals surface area contributed by atoms with Crippen LogP contribution in [0.5, 0.6) is 0 Å². The number of halogens is 1. The van der Waals surface area contributed by atoms with E-state index in [2.05, 4.69) is 62.4 Å². The lowest BCUT2D eigenvalue weighted by atomic mass is 9.99. The van der Waals surface area contributed by atoms with Crippen molar-refractivity contribution in [2.24, 2.45) is 0 Å². The van der Waals surface area contributed by atoms with Crippen molar-refractivity contribution in [1.82, 2.24) is 0 Å². The maximum atomic E-state index is 6.47. The van der Waals surface area contributed by atoms with Crippen molar-refractivity contribution in [1.29, 1.82) is 0 Å². The molecule has 0 amide bonds. The van der Waals surface area contributed by atoms with Gasteiger partial charge < -0.3 is 0 Å². The number of alkyl halides is 1. The smallest absolute Gasteiger partial charge is 0.0625 e. The summed E-state index contributed by atoms with van der Waals surface area (Å²) < 4.78 is 0. The third-order valence-electron chi connectivity index (χ3n) is 3.22. The molecule has 0 aliphatic rings. The van der Waals surface area contributed by atoms with Crippen LogP contribution in [0.4, 0.5) is 0 Å². The molecule has 0 nitrogen and oxygen atoms in total. The molecule has 0 aromatic heterocycles. The highest BCUT2D eigenvalue weighted by Gasteiger charge is 2.09. The van der Waals surface area contributed by atoms with Crippen molar-refractivity contribution in [3.8, 4) is 0 Å². The molecule has 1 heteroatoms. The fraction of sp³-hybridized carbons (Fsp3) is 0.294. The average Bonchev–Trinajstić information content (AvgIpc) is 2.40. The van der Waals surface area contributed by atoms with Gasteiger partial charge in [0.05, 0.1) is 5.38 Å². The van der Waals surface area contributed by atoms with Gasteiger partial charge in [0, 0.05) is 0 Å². The van der Waals surface area contributed by atoms with E-state index in [0.29, 0.717) is 5.92 Å². The van der Waals surface area contributed by atoms with E-state index in [-0.39, 0.29) is 5.38 Å². The van der Waals surface area contributed by atoms with Gasteiger partial charge in [-0.1, -0.05) is 68.4 Å². The maximum absolute atomic E-state index is 6.47. The molecular formula is C17H19Cl. The van der Waals surface area contributed by atoms with Gasteiger partial charge in [-0.15, -0.1) is 11.6 Å². The van der Waals surface area contributed by atoms with Crippen molar-refractivity contribution < 1.29 is 0 Å². The van der Waals surface area contributed by atoms with Gasteiger partial charge in [0.2, 0.25) is 0 Å². The zero-order valence-corrected chi connectivity index (χ0v) is 11.7. The average molecular weight is 259 g/mol. The summed E-state index contributed by atoms with van der Waals surface area (Å²) in [5, 5.41) is 0.0496. The van der Waals surface area contributed by atoms with E-state index >= 15 is 0 Å². The van der Waals surface area contributed by atoms with Gasteiger partial charge in [-0.2, -0.15) is 0 Å². The number of hydrogen-bond acceptors (Lipinski definition) is 0. The Kier molecular flexibility index (Phi) is 4.43. The molecule has 0 N–H and O–H groups in total. The Balaban J connectivity index is 2.07. The summed E-state index contributed by atoms with van der Waals surface area (Å²) in [7, 11) is 0. The predicted octanol–water partition coefficient (Wildman–Crippen LogP) is 5.33. The van der Waals surface area contributed by atoms with Crippen LogP contribution in [0.3, 0.4) is 0 Å². The molecule has 1 atom stereocenters. The molecule has 94 valence electrons. The molecule has 2 aromatic rings. The van der Waals surface area contributed by atoms with Crippen molar-refractivity contribution in [3.63, 3.8) is 0 Å². The Morgan fingerprint density at radius 1 is 0.833 bits per heavy atom. The van der Waals surface area contributed by atoms with E-state index < -0.39 is 0 Å². The minimum atomic E-state index is 0.0496. The predicted molar refractivity (Wildman–Crippen MR) is 79.3 cm³/mol. The summed E-state index contributed by atoms with van der Waals surface area (Å²) in [4.78, 5) is 0. The molecule has 1 unspecified atom stereocenters. The van der Waals surface area contributed by atoms with Crippen LogP contribution in [0.15, 0.2) is 54.6 Å². The van der Waals surface area contributed by atoms with Crippen LogP contribution in [0.1, 0.15) is 41.8 Å². The quantitative estimate of drug-likeness (QED) is 0.650. The summed E-state index contributed by atoms with van der Waals surface area (Å²) in [6, 6.07) is 19.0. The summed E-state index contributed by atoms with van der Waals surface area (Å²) >= 11 is 6.47. The molecule has 0 aliphatic heterocycles. The minimum absolute atomic E-state index is 0.0496. The topological polar surface area (TPSA) is 0 Å². The number of hydrogen-bond donors (Lipinski definition) is 0. The zero-order valence-electron chi connectivity index (χ0n) is 10.9. The van der Waals surface area contributed by atoms with Gasteiger partial charge in [0.15, 0.2) is 0 Å². The molecule has 2 rings (SSSR count). The highest BCUT2D eigenvalue weighted by Crippen LogP contribution is 2.26. The van der Waals surface area contributed by atoms with Crippen LogP contribution >= 0.6 is 11.6 Å². The first kappa shape index (κ1) is 13.2. The van der Waals surface area contributed by atoms with Crippen molar-refractivity contribution in [3.05, 3.63) is 71.3 Å². The van der Waals surface area contributed by atoms with E-state index in [1.807, 2.05) is 6.07 Å². The second-order valence-corrected chi connectivity index (χ2v) is 5.51. The largest absolute Gasteiger partial charge is 0.117 e. The van der Waals surface area contributed by atoms with Crippen LogP contribution < -0.4 is 0 Å². The van der Waals surface area contributed by atoms with Gasteiger partial charge >= 0.3 is 0 Å². The number of rotatable bonds is 4. The molecule has 0 spiro atoms. The van der Waals surface area contributed by atoms with E-state index in [4.69, 9.17) is 11.6 Å². The molecule has 2 aromatic carbocycles. The third kappa shape index (κ3) is 3.36. The zero-order chi connectivity index (χ0) is 13.0. The lowest BCUT2D eigenvalue weighted by molar-refractivity contribution is 0.860. The van der Waals surface area contributed by atoms with Crippen LogP contribution in [0.2, 0.25) is 0 Å². The molecule has 0 bridgehead atoms. The first-order chi connectivity index (χ1) is 8.66. The normalized spacial score (nSPS) is 12.7. The number of benzene rings is 2. The fourth-order valence-electron chi connectivity index (χ4n) is 2.03. The first-order valence-electron chi connectivity index (χ1n) is 6.44. The highest BCUT2D eigenvalue weighted by atomic mass is 35.5. The van der Waals surface area contributed by atoms with Crippen molar-refractivity contribution in [2.45, 2.75) is 31.6 Å². The van der Waals surface area contributed by atoms with Crippen LogP contribution in [-0.2, 0) is 6.42 Å². The van der Waals surface area contributed by atoms with Crippen LogP contribution in [0.25, 0.3) is 0 Å². The monoisotopic (exact) mass is 258 g/mol. The lowest BCUT2D eigenvalue weighted by Crippen LogP contribution is -1.96. The Hall–Kier alpha value is -1.27. The second-order valence-electron chi connectivity index (χ2n) is 4.98. The van der Waals surface area contributed by atoms with Crippen LogP contribution in [-0.4, -0.2) is 0 Å². The summed E-state index contributed by atoms with van der Waals surface area (Å²) in [5.41, 5.74) is 3.85. The standard InChI is InChI=1S/C17H19Cl/c1-13(2)15-8-10-16(11-9-15)17(18)12-14-6-4-3-5-7-14/h3-11,13,17H,12H2,1-2H3. The van der Waals surface area contributed by atoms with Gasteiger partial charge in [0.25, 0.3) is 0 Å². The lowest BCUT2D eigenvalue weighted by Gasteiger charge is -2.12. The first-order valence-corrected chi connectivity index (χ1v) is 6.88. The summed E-state index contributed by atoms with van der Waals surface area (Å²) in [6.07, 6.45) is 0.878. The summed E-state index contributed by atoms with van der Waals surface area (Å²) in [5.74, 6) is 0.571. The SMILES string of the molecule is CC(C)c1ccc(C(Cl)Cc2ccccc2)cc1. The highest BCUT2D eigenvalue weighted by molar-refractivity contribution is 6.20. The maximum Gasteiger partial charge on any atom is 0.0625 e. The Labute approximate surface area is 115 Å². The van der Waals surface area contributed by atoms with Gasteiger partial charge in [-0.3, -0.25) is 0 Å². The van der Waals surface area contributed by atoms with E-state index in [0.717, 1.165) is 6.42 Å². The Morgan fingerprint density at radius 2 is 1.39 bits per heavy atom. The van der Waals surface area contributed by atoms with Crippen molar-refractivity contribution in [2.75, 3.05) is 0 Å². The summed E-state index contributed by atoms with van der Waals surface area (Å²) in [6.45, 7) is 4.41. The Morgan fingerprint density at radius 3 is 1.94 bits per heavy atom.